The third-order valence-corrected chi connectivity index (χ3v) is 3.59. The van der Waals surface area contributed by atoms with Crippen LogP contribution in [0, 0.1) is 0 Å². The summed E-state index contributed by atoms with van der Waals surface area (Å²) in [5.41, 5.74) is 5.39. The zero-order chi connectivity index (χ0) is 12.3. The van der Waals surface area contributed by atoms with Crippen LogP contribution in [-0.2, 0) is 16.4 Å². The van der Waals surface area contributed by atoms with E-state index in [1.165, 1.54) is 12.5 Å². The molecule has 0 aliphatic carbocycles. The average molecular weight is 309 g/mol. The topological polar surface area (TPSA) is 82.2 Å². The first-order chi connectivity index (χ1) is 7.29. The molecule has 1 aromatic rings. The number of halogens is 1. The van der Waals surface area contributed by atoms with Gasteiger partial charge < -0.3 is 10.3 Å². The van der Waals surface area contributed by atoms with Crippen LogP contribution in [0.4, 0.5) is 5.69 Å². The van der Waals surface area contributed by atoms with Crippen molar-refractivity contribution >= 4 is 31.5 Å². The van der Waals surface area contributed by atoms with E-state index in [0.717, 1.165) is 0 Å². The van der Waals surface area contributed by atoms with Crippen molar-refractivity contribution in [2.45, 2.75) is 13.0 Å². The predicted octanol–water partition coefficient (Wildman–Crippen LogP) is 0.628. The molecule has 0 spiro atoms. The second-order valence-corrected chi connectivity index (χ2v) is 6.73. The van der Waals surface area contributed by atoms with E-state index in [1.54, 1.807) is 10.8 Å². The summed E-state index contributed by atoms with van der Waals surface area (Å²) in [6.45, 7) is 0.510. The van der Waals surface area contributed by atoms with E-state index >= 15 is 0 Å². The molecule has 2 N–H and O–H groups in total. The van der Waals surface area contributed by atoms with Crippen molar-refractivity contribution in [1.29, 1.82) is 0 Å². The Morgan fingerprint density at radius 3 is 2.56 bits per heavy atom. The summed E-state index contributed by atoms with van der Waals surface area (Å²) < 4.78 is 23.9. The fraction of sp³-hybridized carbons (Fsp3) is 0.444. The third-order valence-electron chi connectivity index (χ3n) is 1.99. The lowest BCUT2D eigenvalue weighted by molar-refractivity contribution is 0.591. The molecule has 16 heavy (non-hydrogen) atoms. The number of hydrogen-bond acceptors (Lipinski definition) is 4. The van der Waals surface area contributed by atoms with Gasteiger partial charge in [-0.05, 0) is 22.4 Å². The molecule has 0 amide bonds. The van der Waals surface area contributed by atoms with Gasteiger partial charge in [0.15, 0.2) is 0 Å². The number of rotatable bonds is 4. The number of aryl methyl sites for hydroxylation is 1. The molecule has 0 unspecified atom stereocenters. The van der Waals surface area contributed by atoms with E-state index in [1.807, 2.05) is 0 Å². The van der Waals surface area contributed by atoms with Crippen LogP contribution < -0.4 is 11.2 Å². The molecule has 1 aromatic heterocycles. The third kappa shape index (κ3) is 3.97. The molecule has 7 heteroatoms. The summed E-state index contributed by atoms with van der Waals surface area (Å²) in [7, 11) is -2.94. The maximum atomic E-state index is 11.3. The minimum atomic E-state index is -2.94. The molecule has 0 aliphatic heterocycles. The van der Waals surface area contributed by atoms with Crippen LogP contribution >= 0.6 is 15.9 Å². The molecule has 0 radical (unpaired) electrons. The Morgan fingerprint density at radius 1 is 1.44 bits per heavy atom. The van der Waals surface area contributed by atoms with Crippen molar-refractivity contribution in [3.8, 4) is 0 Å². The van der Waals surface area contributed by atoms with Gasteiger partial charge in [0.05, 0.1) is 15.9 Å². The van der Waals surface area contributed by atoms with Crippen molar-refractivity contribution in [2.24, 2.45) is 0 Å². The highest BCUT2D eigenvalue weighted by Gasteiger charge is 2.04. The molecule has 0 saturated carbocycles. The molecule has 0 aliphatic rings. The predicted molar refractivity (Wildman–Crippen MR) is 67.1 cm³/mol. The fourth-order valence-corrected chi connectivity index (χ4v) is 2.40. The molecule has 0 bridgehead atoms. The first kappa shape index (κ1) is 13.2. The van der Waals surface area contributed by atoms with Gasteiger partial charge in [0, 0.05) is 25.2 Å². The monoisotopic (exact) mass is 308 g/mol. The van der Waals surface area contributed by atoms with Crippen molar-refractivity contribution in [3.63, 3.8) is 0 Å². The molecule has 0 atom stereocenters. The average Bonchev–Trinajstić information content (AvgIpc) is 2.12. The van der Waals surface area contributed by atoms with E-state index in [4.69, 9.17) is 5.73 Å². The normalized spacial score (nSPS) is 11.6. The summed E-state index contributed by atoms with van der Waals surface area (Å²) >= 11 is 3.10. The van der Waals surface area contributed by atoms with Crippen LogP contribution in [0.3, 0.4) is 0 Å². The Kier molecular flexibility index (Phi) is 4.15. The Hall–Kier alpha value is -0.820. The largest absolute Gasteiger partial charge is 0.394 e. The Balaban J connectivity index is 2.73. The molecular formula is C9H13BrN2O3S. The van der Waals surface area contributed by atoms with Crippen LogP contribution in [-0.4, -0.2) is 25.0 Å². The summed E-state index contributed by atoms with van der Waals surface area (Å²) in [6.07, 6.45) is 4.80. The number of sulfone groups is 1. The molecule has 0 aromatic carbocycles. The number of aromatic nitrogens is 1. The van der Waals surface area contributed by atoms with Gasteiger partial charge in [0.25, 0.3) is 0 Å². The van der Waals surface area contributed by atoms with Crippen LogP contribution in [0.5, 0.6) is 0 Å². The highest BCUT2D eigenvalue weighted by molar-refractivity contribution is 9.10. The van der Waals surface area contributed by atoms with Crippen LogP contribution in [0.2, 0.25) is 0 Å². The molecule has 1 rings (SSSR count). The molecule has 0 saturated heterocycles. The first-order valence-electron chi connectivity index (χ1n) is 4.62. The van der Waals surface area contributed by atoms with Gasteiger partial charge in [-0.25, -0.2) is 8.42 Å². The number of nitrogen functional groups attached to an aromatic ring is 1. The molecular weight excluding hydrogens is 296 g/mol. The highest BCUT2D eigenvalue weighted by Crippen LogP contribution is 2.07. The molecule has 90 valence electrons. The second kappa shape index (κ2) is 5.01. The lowest BCUT2D eigenvalue weighted by Gasteiger charge is -2.07. The quantitative estimate of drug-likeness (QED) is 0.884. The van der Waals surface area contributed by atoms with Gasteiger partial charge >= 0.3 is 0 Å². The number of nitrogens with two attached hydrogens (primary N) is 1. The van der Waals surface area contributed by atoms with Crippen molar-refractivity contribution in [2.75, 3.05) is 17.7 Å². The van der Waals surface area contributed by atoms with E-state index in [0.29, 0.717) is 17.4 Å². The van der Waals surface area contributed by atoms with Gasteiger partial charge in [0.1, 0.15) is 9.84 Å². The lowest BCUT2D eigenvalue weighted by Crippen LogP contribution is -2.14. The summed E-state index contributed by atoms with van der Waals surface area (Å²) in [4.78, 5) is 11.3. The fourth-order valence-electron chi connectivity index (χ4n) is 1.26. The van der Waals surface area contributed by atoms with Gasteiger partial charge in [-0.15, -0.1) is 0 Å². The maximum Gasteiger partial charge on any atom is 0.218 e. The first-order valence-corrected chi connectivity index (χ1v) is 7.48. The van der Waals surface area contributed by atoms with E-state index in [9.17, 15) is 13.2 Å². The van der Waals surface area contributed by atoms with Crippen LogP contribution in [0.1, 0.15) is 6.42 Å². The SMILES string of the molecule is CS(=O)(=O)CCCn1cc(N)c(=O)c(Br)c1. The van der Waals surface area contributed by atoms with E-state index in [-0.39, 0.29) is 16.9 Å². The van der Waals surface area contributed by atoms with Crippen LogP contribution in [0.15, 0.2) is 21.7 Å². The zero-order valence-electron chi connectivity index (χ0n) is 8.81. The lowest BCUT2D eigenvalue weighted by atomic mass is 10.4. The highest BCUT2D eigenvalue weighted by atomic mass is 79.9. The Bertz CT molecular complexity index is 510. The van der Waals surface area contributed by atoms with Gasteiger partial charge in [-0.1, -0.05) is 0 Å². The number of anilines is 1. The summed E-state index contributed by atoms with van der Waals surface area (Å²) in [5.74, 6) is 0.122. The van der Waals surface area contributed by atoms with Gasteiger partial charge in [0.2, 0.25) is 5.43 Å². The second-order valence-electron chi connectivity index (χ2n) is 3.61. The van der Waals surface area contributed by atoms with E-state index < -0.39 is 9.84 Å². The molecule has 0 fully saturated rings. The standard InChI is InChI=1S/C9H13BrN2O3S/c1-16(14,15)4-2-3-12-5-7(10)9(13)8(11)6-12/h5-6H,2-4,11H2,1H3. The van der Waals surface area contributed by atoms with Crippen molar-refractivity contribution in [3.05, 3.63) is 27.1 Å². The summed E-state index contributed by atoms with van der Waals surface area (Å²) in [6, 6.07) is 0. The Morgan fingerprint density at radius 2 is 2.06 bits per heavy atom. The minimum absolute atomic E-state index is 0.122. The van der Waals surface area contributed by atoms with E-state index in [2.05, 4.69) is 15.9 Å². The van der Waals surface area contributed by atoms with Crippen LogP contribution in [0.25, 0.3) is 0 Å². The summed E-state index contributed by atoms with van der Waals surface area (Å²) in [5, 5.41) is 0. The van der Waals surface area contributed by atoms with Gasteiger partial charge in [-0.2, -0.15) is 0 Å². The smallest absolute Gasteiger partial charge is 0.218 e. The zero-order valence-corrected chi connectivity index (χ0v) is 11.2. The maximum absolute atomic E-state index is 11.3. The number of hydrogen-bond donors (Lipinski definition) is 1. The number of nitrogens with zero attached hydrogens (tertiary/aromatic N) is 1. The van der Waals surface area contributed by atoms with Crippen molar-refractivity contribution in [1.82, 2.24) is 4.57 Å². The number of pyridine rings is 1. The Labute approximate surface area is 102 Å². The molecule has 5 nitrogen and oxygen atoms in total. The van der Waals surface area contributed by atoms with Crippen molar-refractivity contribution < 1.29 is 8.42 Å². The minimum Gasteiger partial charge on any atom is -0.394 e. The van der Waals surface area contributed by atoms with Gasteiger partial charge in [-0.3, -0.25) is 4.79 Å². The molecule has 1 heterocycles.